The highest BCUT2D eigenvalue weighted by atomic mass is 79.9. The van der Waals surface area contributed by atoms with E-state index in [4.69, 9.17) is 0 Å². The molecule has 1 aromatic heterocycles. The van der Waals surface area contributed by atoms with Crippen molar-refractivity contribution in [2.45, 2.75) is 26.3 Å². The number of hydrogen-bond acceptors (Lipinski definition) is 4. The Balaban J connectivity index is 2.58. The van der Waals surface area contributed by atoms with Gasteiger partial charge in [-0.1, -0.05) is 22.9 Å². The summed E-state index contributed by atoms with van der Waals surface area (Å²) in [7, 11) is 0. The van der Waals surface area contributed by atoms with Crippen molar-refractivity contribution in [2.75, 3.05) is 6.54 Å². The zero-order chi connectivity index (χ0) is 14.7. The predicted octanol–water partition coefficient (Wildman–Crippen LogP) is 3.45. The lowest BCUT2D eigenvalue weighted by Gasteiger charge is -2.14. The van der Waals surface area contributed by atoms with Crippen LogP contribution in [-0.2, 0) is 6.42 Å². The van der Waals surface area contributed by atoms with E-state index in [1.165, 1.54) is 6.20 Å². The lowest BCUT2D eigenvalue weighted by molar-refractivity contribution is -0.385. The lowest BCUT2D eigenvalue weighted by atomic mass is 10.0. The van der Waals surface area contributed by atoms with Gasteiger partial charge in [0.25, 0.3) is 5.69 Å². The summed E-state index contributed by atoms with van der Waals surface area (Å²) < 4.78 is 0.893. The van der Waals surface area contributed by atoms with Crippen LogP contribution in [0.15, 0.2) is 28.9 Å². The number of nitro groups is 1. The molecule has 106 valence electrons. The Kier molecular flexibility index (Phi) is 4.67. The van der Waals surface area contributed by atoms with E-state index in [9.17, 15) is 10.1 Å². The lowest BCUT2D eigenvalue weighted by Crippen LogP contribution is -2.28. The highest BCUT2D eigenvalue weighted by Gasteiger charge is 2.19. The first-order chi connectivity index (χ1) is 9.52. The quantitative estimate of drug-likeness (QED) is 0.670. The molecule has 0 fully saturated rings. The van der Waals surface area contributed by atoms with Crippen LogP contribution >= 0.6 is 15.9 Å². The molecule has 20 heavy (non-hydrogen) atoms. The SMILES string of the molecule is CCNC(C)Cc1c([N+](=O)[O-])cnc2ccc(Br)cc12. The molecule has 1 heterocycles. The molecule has 0 aliphatic heterocycles. The molecule has 5 nitrogen and oxygen atoms in total. The van der Waals surface area contributed by atoms with E-state index in [0.717, 1.165) is 27.5 Å². The van der Waals surface area contributed by atoms with E-state index in [0.29, 0.717) is 6.42 Å². The second-order valence-electron chi connectivity index (χ2n) is 4.70. The van der Waals surface area contributed by atoms with Gasteiger partial charge in [-0.25, -0.2) is 4.98 Å². The Morgan fingerprint density at radius 2 is 2.25 bits per heavy atom. The van der Waals surface area contributed by atoms with Crippen LogP contribution in [0.3, 0.4) is 0 Å². The minimum absolute atomic E-state index is 0.0837. The molecule has 0 spiro atoms. The second kappa shape index (κ2) is 6.28. The molecule has 2 aromatic rings. The number of rotatable bonds is 5. The van der Waals surface area contributed by atoms with Gasteiger partial charge < -0.3 is 5.32 Å². The number of hydrogen-bond donors (Lipinski definition) is 1. The van der Waals surface area contributed by atoms with Crippen molar-refractivity contribution in [1.29, 1.82) is 0 Å². The standard InChI is InChI=1S/C14H16BrN3O2/c1-3-16-9(2)6-12-11-7-10(15)4-5-13(11)17-8-14(12)18(19)20/h4-5,7-9,16H,3,6H2,1-2H3. The smallest absolute Gasteiger partial charge is 0.291 e. The van der Waals surface area contributed by atoms with E-state index in [-0.39, 0.29) is 16.7 Å². The van der Waals surface area contributed by atoms with Gasteiger partial charge in [-0.05, 0) is 38.1 Å². The number of fused-ring (bicyclic) bond motifs is 1. The molecule has 0 aliphatic rings. The molecule has 0 aliphatic carbocycles. The van der Waals surface area contributed by atoms with Gasteiger partial charge >= 0.3 is 0 Å². The first-order valence-corrected chi connectivity index (χ1v) is 7.27. The highest BCUT2D eigenvalue weighted by Crippen LogP contribution is 2.29. The minimum atomic E-state index is -0.360. The van der Waals surface area contributed by atoms with Crippen LogP contribution < -0.4 is 5.32 Å². The van der Waals surface area contributed by atoms with Crippen molar-refractivity contribution < 1.29 is 4.92 Å². The molecule has 0 bridgehead atoms. The van der Waals surface area contributed by atoms with Gasteiger partial charge in [0.1, 0.15) is 6.20 Å². The average molecular weight is 338 g/mol. The maximum absolute atomic E-state index is 11.2. The summed E-state index contributed by atoms with van der Waals surface area (Å²) in [4.78, 5) is 15.0. The zero-order valence-electron chi connectivity index (χ0n) is 11.4. The highest BCUT2D eigenvalue weighted by molar-refractivity contribution is 9.10. The van der Waals surface area contributed by atoms with Gasteiger partial charge in [-0.2, -0.15) is 0 Å². The van der Waals surface area contributed by atoms with Gasteiger partial charge in [-0.15, -0.1) is 0 Å². The minimum Gasteiger partial charge on any atom is -0.314 e. The Bertz CT molecular complexity index is 646. The number of aromatic nitrogens is 1. The number of pyridine rings is 1. The molecule has 2 rings (SSSR count). The van der Waals surface area contributed by atoms with Crippen molar-refractivity contribution >= 4 is 32.5 Å². The molecule has 1 N–H and O–H groups in total. The van der Waals surface area contributed by atoms with E-state index >= 15 is 0 Å². The number of halogens is 1. The summed E-state index contributed by atoms with van der Waals surface area (Å²) in [6, 6.07) is 5.82. The topological polar surface area (TPSA) is 68.1 Å². The molecule has 1 aromatic carbocycles. The largest absolute Gasteiger partial charge is 0.314 e. The van der Waals surface area contributed by atoms with Crippen LogP contribution in [-0.4, -0.2) is 22.5 Å². The Morgan fingerprint density at radius 1 is 1.50 bits per heavy atom. The first kappa shape index (κ1) is 14.9. The van der Waals surface area contributed by atoms with Gasteiger partial charge in [0.2, 0.25) is 0 Å². The van der Waals surface area contributed by atoms with Gasteiger partial charge in [0.05, 0.1) is 10.4 Å². The van der Waals surface area contributed by atoms with Crippen LogP contribution in [0.5, 0.6) is 0 Å². The van der Waals surface area contributed by atoms with Gasteiger partial charge in [-0.3, -0.25) is 10.1 Å². The molecule has 6 heteroatoms. The van der Waals surface area contributed by atoms with E-state index in [2.05, 4.69) is 26.2 Å². The van der Waals surface area contributed by atoms with Crippen molar-refractivity contribution in [3.05, 3.63) is 44.5 Å². The molecular weight excluding hydrogens is 322 g/mol. The number of nitrogens with one attached hydrogen (secondary N) is 1. The third-order valence-electron chi connectivity index (χ3n) is 3.18. The van der Waals surface area contributed by atoms with Crippen LogP contribution in [0.1, 0.15) is 19.4 Å². The normalized spacial score (nSPS) is 12.6. The first-order valence-electron chi connectivity index (χ1n) is 6.47. The molecule has 0 saturated carbocycles. The summed E-state index contributed by atoms with van der Waals surface area (Å²) >= 11 is 3.41. The van der Waals surface area contributed by atoms with Gasteiger partial charge in [0.15, 0.2) is 0 Å². The van der Waals surface area contributed by atoms with Crippen LogP contribution in [0.25, 0.3) is 10.9 Å². The van der Waals surface area contributed by atoms with E-state index in [1.807, 2.05) is 32.0 Å². The van der Waals surface area contributed by atoms with Crippen molar-refractivity contribution in [2.24, 2.45) is 0 Å². The summed E-state index contributed by atoms with van der Waals surface area (Å²) in [6.45, 7) is 4.88. The average Bonchev–Trinajstić information content (AvgIpc) is 2.39. The summed E-state index contributed by atoms with van der Waals surface area (Å²) in [5, 5.41) is 15.3. The van der Waals surface area contributed by atoms with Crippen LogP contribution in [0.4, 0.5) is 5.69 Å². The Hall–Kier alpha value is -1.53. The summed E-state index contributed by atoms with van der Waals surface area (Å²) in [5.41, 5.74) is 1.59. The molecule has 0 radical (unpaired) electrons. The Labute approximate surface area is 125 Å². The third-order valence-corrected chi connectivity index (χ3v) is 3.67. The molecule has 1 atom stereocenters. The monoisotopic (exact) mass is 337 g/mol. The fraction of sp³-hybridized carbons (Fsp3) is 0.357. The predicted molar refractivity (Wildman–Crippen MR) is 82.9 cm³/mol. The van der Waals surface area contributed by atoms with Crippen molar-refractivity contribution in [1.82, 2.24) is 10.3 Å². The number of likely N-dealkylation sites (N-methyl/N-ethyl adjacent to an activating group) is 1. The molecule has 0 saturated heterocycles. The van der Waals surface area contributed by atoms with Gasteiger partial charge in [0, 0.05) is 21.5 Å². The maximum Gasteiger partial charge on any atom is 0.291 e. The fourth-order valence-corrected chi connectivity index (χ4v) is 2.67. The Morgan fingerprint density at radius 3 is 2.90 bits per heavy atom. The van der Waals surface area contributed by atoms with E-state index < -0.39 is 0 Å². The molecule has 1 unspecified atom stereocenters. The summed E-state index contributed by atoms with van der Waals surface area (Å²) in [6.07, 6.45) is 1.95. The maximum atomic E-state index is 11.2. The summed E-state index contributed by atoms with van der Waals surface area (Å²) in [5.74, 6) is 0. The van der Waals surface area contributed by atoms with Crippen LogP contribution in [0, 0.1) is 10.1 Å². The van der Waals surface area contributed by atoms with E-state index in [1.54, 1.807) is 0 Å². The number of benzene rings is 1. The second-order valence-corrected chi connectivity index (χ2v) is 5.62. The van der Waals surface area contributed by atoms with Crippen molar-refractivity contribution in [3.63, 3.8) is 0 Å². The third kappa shape index (κ3) is 3.13. The van der Waals surface area contributed by atoms with Crippen LogP contribution in [0.2, 0.25) is 0 Å². The zero-order valence-corrected chi connectivity index (χ0v) is 13.0. The molecular formula is C14H16BrN3O2. The fourth-order valence-electron chi connectivity index (χ4n) is 2.31. The molecule has 0 amide bonds. The number of nitrogens with zero attached hydrogens (tertiary/aromatic N) is 2. The van der Waals surface area contributed by atoms with Crippen molar-refractivity contribution in [3.8, 4) is 0 Å².